The molecule has 28 heavy (non-hydrogen) atoms. The van der Waals surface area contributed by atoms with Crippen LogP contribution in [0.25, 0.3) is 11.1 Å². The summed E-state index contributed by atoms with van der Waals surface area (Å²) in [4.78, 5) is 3.93. The Kier molecular flexibility index (Phi) is 6.71. The minimum absolute atomic E-state index is 0.159. The molecule has 0 saturated carbocycles. The van der Waals surface area contributed by atoms with Crippen molar-refractivity contribution in [1.29, 1.82) is 0 Å². The second-order valence-corrected chi connectivity index (χ2v) is 9.62. The fourth-order valence-corrected chi connectivity index (χ4v) is 5.28. The Labute approximate surface area is 173 Å². The van der Waals surface area contributed by atoms with Gasteiger partial charge in [-0.3, -0.25) is 0 Å². The van der Waals surface area contributed by atoms with Crippen LogP contribution in [0.2, 0.25) is 0 Å². The molecule has 2 aromatic carbocycles. The molecule has 0 amide bonds. The van der Waals surface area contributed by atoms with Gasteiger partial charge in [0, 0.05) is 30.1 Å². The molecule has 0 bridgehead atoms. The highest BCUT2D eigenvalue weighted by Crippen LogP contribution is 2.31. The molecule has 4 rings (SSSR count). The summed E-state index contributed by atoms with van der Waals surface area (Å²) in [5.74, 6) is 1.61. The second-order valence-electron chi connectivity index (χ2n) is 8.45. The van der Waals surface area contributed by atoms with Gasteiger partial charge >= 0.3 is 0 Å². The summed E-state index contributed by atoms with van der Waals surface area (Å²) < 4.78 is 16.4. The first-order valence-corrected chi connectivity index (χ1v) is 11.4. The zero-order chi connectivity index (χ0) is 19.3. The quantitative estimate of drug-likeness (QED) is 0.575. The number of halogens is 1. The van der Waals surface area contributed by atoms with Crippen LogP contribution in [0.1, 0.15) is 32.6 Å². The second kappa shape index (κ2) is 9.43. The van der Waals surface area contributed by atoms with Crippen molar-refractivity contribution in [3.05, 3.63) is 54.3 Å². The van der Waals surface area contributed by atoms with Crippen LogP contribution in [0.5, 0.6) is 0 Å². The van der Waals surface area contributed by atoms with E-state index in [0.29, 0.717) is 5.56 Å². The Morgan fingerprint density at radius 1 is 0.893 bits per heavy atom. The first kappa shape index (κ1) is 19.9. The van der Waals surface area contributed by atoms with Gasteiger partial charge in [0.25, 0.3) is 0 Å². The maximum Gasteiger partial charge on any atom is 0.131 e. The highest BCUT2D eigenvalue weighted by Gasteiger charge is 2.24. The minimum atomic E-state index is -0.159. The van der Waals surface area contributed by atoms with Crippen molar-refractivity contribution in [1.82, 2.24) is 9.21 Å². The van der Waals surface area contributed by atoms with Gasteiger partial charge < -0.3 is 4.90 Å². The Morgan fingerprint density at radius 3 is 2.25 bits per heavy atom. The monoisotopic (exact) mass is 398 g/mol. The van der Waals surface area contributed by atoms with Crippen molar-refractivity contribution < 1.29 is 4.39 Å². The maximum absolute atomic E-state index is 14.0. The largest absolute Gasteiger partial charge is 0.303 e. The van der Waals surface area contributed by atoms with Crippen molar-refractivity contribution in [3.63, 3.8) is 0 Å². The lowest BCUT2D eigenvalue weighted by Crippen LogP contribution is -2.39. The summed E-state index contributed by atoms with van der Waals surface area (Å²) in [5, 5.41) is 0. The molecule has 2 heterocycles. The van der Waals surface area contributed by atoms with E-state index < -0.39 is 0 Å². The van der Waals surface area contributed by atoms with E-state index in [4.69, 9.17) is 0 Å². The Bertz CT molecular complexity index is 747. The van der Waals surface area contributed by atoms with Crippen LogP contribution in [-0.2, 0) is 0 Å². The van der Waals surface area contributed by atoms with Crippen LogP contribution in [-0.4, -0.2) is 41.9 Å². The normalized spacial score (nSPS) is 20.5. The summed E-state index contributed by atoms with van der Waals surface area (Å²) in [6.45, 7) is 8.59. The molecule has 2 nitrogen and oxygen atoms in total. The third-order valence-electron chi connectivity index (χ3n) is 6.24. The standard InChI is InChI=1S/C24H31FN2S/c1-19-10-14-26(15-11-19)18-20-12-16-27(17-13-20)28-22-8-6-21(7-9-22)23-4-2-3-5-24(23)25/h2-9,19-20H,10-18H2,1H3. The number of hydrogen-bond donors (Lipinski definition) is 0. The van der Waals surface area contributed by atoms with E-state index in [9.17, 15) is 4.39 Å². The van der Waals surface area contributed by atoms with E-state index in [2.05, 4.69) is 28.3 Å². The van der Waals surface area contributed by atoms with Gasteiger partial charge in [0.05, 0.1) is 0 Å². The molecular weight excluding hydrogens is 367 g/mol. The Balaban J connectivity index is 1.25. The van der Waals surface area contributed by atoms with E-state index in [0.717, 1.165) is 30.5 Å². The number of likely N-dealkylation sites (tertiary alicyclic amines) is 1. The van der Waals surface area contributed by atoms with Crippen molar-refractivity contribution in [3.8, 4) is 11.1 Å². The van der Waals surface area contributed by atoms with Crippen LogP contribution >= 0.6 is 11.9 Å². The fourth-order valence-electron chi connectivity index (χ4n) is 4.33. The van der Waals surface area contributed by atoms with E-state index in [1.54, 1.807) is 6.07 Å². The Morgan fingerprint density at radius 2 is 1.57 bits per heavy atom. The predicted octanol–water partition coefficient (Wildman–Crippen LogP) is 5.94. The van der Waals surface area contributed by atoms with Gasteiger partial charge in [-0.2, -0.15) is 0 Å². The summed E-state index contributed by atoms with van der Waals surface area (Å²) in [6.07, 6.45) is 5.34. The van der Waals surface area contributed by atoms with Crippen molar-refractivity contribution in [2.75, 3.05) is 32.7 Å². The zero-order valence-electron chi connectivity index (χ0n) is 16.8. The molecule has 2 aliphatic heterocycles. The van der Waals surface area contributed by atoms with Crippen LogP contribution in [0.3, 0.4) is 0 Å². The average Bonchev–Trinajstić information content (AvgIpc) is 2.72. The summed E-state index contributed by atoms with van der Waals surface area (Å²) in [6, 6.07) is 15.3. The summed E-state index contributed by atoms with van der Waals surface area (Å²) >= 11 is 1.85. The van der Waals surface area contributed by atoms with Crippen LogP contribution in [0.4, 0.5) is 4.39 Å². The molecule has 0 aromatic heterocycles. The van der Waals surface area contributed by atoms with Gasteiger partial charge in [0.2, 0.25) is 0 Å². The molecule has 0 spiro atoms. The van der Waals surface area contributed by atoms with Gasteiger partial charge in [-0.15, -0.1) is 0 Å². The third-order valence-corrected chi connectivity index (χ3v) is 7.35. The smallest absolute Gasteiger partial charge is 0.131 e. The first-order chi connectivity index (χ1) is 13.7. The first-order valence-electron chi connectivity index (χ1n) is 10.7. The van der Waals surface area contributed by atoms with E-state index in [-0.39, 0.29) is 5.82 Å². The van der Waals surface area contributed by atoms with Crippen LogP contribution < -0.4 is 0 Å². The molecular formula is C24H31FN2S. The van der Waals surface area contributed by atoms with Crippen LogP contribution in [0, 0.1) is 17.7 Å². The lowest BCUT2D eigenvalue weighted by Gasteiger charge is -2.36. The van der Waals surface area contributed by atoms with Gasteiger partial charge in [0.15, 0.2) is 0 Å². The zero-order valence-corrected chi connectivity index (χ0v) is 17.6. The fraction of sp³-hybridized carbons (Fsp3) is 0.500. The topological polar surface area (TPSA) is 6.48 Å². The highest BCUT2D eigenvalue weighted by molar-refractivity contribution is 7.97. The summed E-state index contributed by atoms with van der Waals surface area (Å²) in [7, 11) is 0. The van der Waals surface area contributed by atoms with Crippen molar-refractivity contribution >= 4 is 11.9 Å². The van der Waals surface area contributed by atoms with Gasteiger partial charge in [-0.05, 0) is 86.3 Å². The molecule has 4 heteroatoms. The molecule has 0 aliphatic carbocycles. The van der Waals surface area contributed by atoms with E-state index in [1.165, 1.54) is 56.3 Å². The molecule has 2 aliphatic rings. The molecule has 2 fully saturated rings. The molecule has 2 aromatic rings. The predicted molar refractivity (Wildman–Crippen MR) is 117 cm³/mol. The minimum Gasteiger partial charge on any atom is -0.303 e. The van der Waals surface area contributed by atoms with Gasteiger partial charge in [-0.1, -0.05) is 37.3 Å². The lowest BCUT2D eigenvalue weighted by molar-refractivity contribution is 0.144. The molecule has 2 saturated heterocycles. The number of piperidine rings is 2. The molecule has 150 valence electrons. The number of benzene rings is 2. The molecule has 0 atom stereocenters. The highest BCUT2D eigenvalue weighted by atomic mass is 32.2. The third kappa shape index (κ3) is 5.16. The SMILES string of the molecule is CC1CCN(CC2CCN(Sc3ccc(-c4ccccc4F)cc3)CC2)CC1. The van der Waals surface area contributed by atoms with Crippen LogP contribution in [0.15, 0.2) is 53.4 Å². The number of rotatable bonds is 5. The van der Waals surface area contributed by atoms with E-state index >= 15 is 0 Å². The Hall–Kier alpha value is -1.36. The van der Waals surface area contributed by atoms with E-state index in [1.807, 2.05) is 36.2 Å². The molecule has 0 N–H and O–H groups in total. The summed E-state index contributed by atoms with van der Waals surface area (Å²) in [5.41, 5.74) is 1.61. The molecule has 0 radical (unpaired) electrons. The average molecular weight is 399 g/mol. The number of hydrogen-bond acceptors (Lipinski definition) is 3. The lowest BCUT2D eigenvalue weighted by atomic mass is 9.94. The maximum atomic E-state index is 14.0. The van der Waals surface area contributed by atoms with Crippen molar-refractivity contribution in [2.24, 2.45) is 11.8 Å². The van der Waals surface area contributed by atoms with Crippen molar-refractivity contribution in [2.45, 2.75) is 37.5 Å². The number of nitrogens with zero attached hydrogens (tertiary/aromatic N) is 2. The van der Waals surface area contributed by atoms with Gasteiger partial charge in [0.1, 0.15) is 5.82 Å². The molecule has 0 unspecified atom stereocenters. The van der Waals surface area contributed by atoms with Gasteiger partial charge in [-0.25, -0.2) is 8.70 Å².